The largest absolute Gasteiger partial charge is 0.294 e. The second-order valence-electron chi connectivity index (χ2n) is 6.91. The van der Waals surface area contributed by atoms with Gasteiger partial charge in [-0.1, -0.05) is 60.7 Å². The predicted octanol–water partition coefficient (Wildman–Crippen LogP) is 7.12. The van der Waals surface area contributed by atoms with Crippen LogP contribution in [-0.2, 0) is 20.2 Å². The first-order valence-corrected chi connectivity index (χ1v) is 12.6. The third-order valence-corrected chi connectivity index (χ3v) is 4.56. The summed E-state index contributed by atoms with van der Waals surface area (Å²) >= 11 is 0. The van der Waals surface area contributed by atoms with Crippen molar-refractivity contribution in [3.63, 3.8) is 0 Å². The second kappa shape index (κ2) is 18.4. The second-order valence-corrected chi connectivity index (χ2v) is 9.75. The lowest BCUT2D eigenvalue weighted by molar-refractivity contribution is 0.481. The average Bonchev–Trinajstić information content (AvgIpc) is 2.74. The summed E-state index contributed by atoms with van der Waals surface area (Å²) in [7, 11) is -8.12. The molecule has 0 saturated carbocycles. The quantitative estimate of drug-likeness (QED) is 0.336. The van der Waals surface area contributed by atoms with Gasteiger partial charge in [0, 0.05) is 0 Å². The van der Waals surface area contributed by atoms with Gasteiger partial charge in [-0.3, -0.25) is 9.11 Å². The van der Waals surface area contributed by atoms with Crippen LogP contribution in [0.4, 0.5) is 0 Å². The van der Waals surface area contributed by atoms with Gasteiger partial charge in [0.1, 0.15) is 0 Å². The molecular formula is C26H36O6S2. The first-order chi connectivity index (χ1) is 15.5. The maximum atomic E-state index is 10.6. The molecule has 0 amide bonds. The summed E-state index contributed by atoms with van der Waals surface area (Å²) in [5, 5.41) is 0. The zero-order valence-corrected chi connectivity index (χ0v) is 22.0. The van der Waals surface area contributed by atoms with Crippen molar-refractivity contribution >= 4 is 32.4 Å². The van der Waals surface area contributed by atoms with Gasteiger partial charge >= 0.3 is 0 Å². The van der Waals surface area contributed by atoms with E-state index in [1.165, 1.54) is 35.4 Å². The molecule has 0 saturated heterocycles. The van der Waals surface area contributed by atoms with Crippen LogP contribution in [-0.4, -0.2) is 25.9 Å². The van der Waals surface area contributed by atoms with Crippen molar-refractivity contribution in [2.24, 2.45) is 0 Å². The molecule has 0 radical (unpaired) electrons. The molecule has 0 spiro atoms. The van der Waals surface area contributed by atoms with Gasteiger partial charge in [-0.15, -0.1) is 26.3 Å². The molecule has 2 N–H and O–H groups in total. The predicted molar refractivity (Wildman–Crippen MR) is 145 cm³/mol. The third-order valence-electron chi connectivity index (χ3n) is 2.83. The fraction of sp³-hybridized carbons (Fsp3) is 0.154. The van der Waals surface area contributed by atoms with Gasteiger partial charge in [-0.05, 0) is 63.1 Å². The van der Waals surface area contributed by atoms with Crippen LogP contribution < -0.4 is 0 Å². The lowest BCUT2D eigenvalue weighted by atomic mass is 10.2. The summed E-state index contributed by atoms with van der Waals surface area (Å²) in [4.78, 5) is -0.207. The average molecular weight is 509 g/mol. The zero-order valence-electron chi connectivity index (χ0n) is 20.4. The Kier molecular flexibility index (Phi) is 19.2. The Morgan fingerprint density at radius 2 is 0.794 bits per heavy atom. The van der Waals surface area contributed by atoms with Crippen molar-refractivity contribution in [2.45, 2.75) is 37.5 Å². The van der Waals surface area contributed by atoms with Gasteiger partial charge in [0.25, 0.3) is 20.2 Å². The van der Waals surface area contributed by atoms with Crippen LogP contribution in [0.25, 0.3) is 12.2 Å². The minimum absolute atomic E-state index is 0.104. The lowest BCUT2D eigenvalue weighted by Crippen LogP contribution is -1.96. The summed E-state index contributed by atoms with van der Waals surface area (Å²) < 4.78 is 59.4. The van der Waals surface area contributed by atoms with Gasteiger partial charge in [-0.2, -0.15) is 16.8 Å². The van der Waals surface area contributed by atoms with Crippen LogP contribution in [0.3, 0.4) is 0 Å². The fourth-order valence-electron chi connectivity index (χ4n) is 1.55. The smallest absolute Gasteiger partial charge is 0.282 e. The standard InChI is InChI=1S/2C8H8O3S.2C4H8.C2H4/c2*1-2-7-3-5-8(6-4-7)12(9,10)11;2*1-4(2)3;1-2/h2*2-6H,1H2,(H,9,10,11);2*1H2,2-3H3;1-2H2. The summed E-state index contributed by atoms with van der Waals surface area (Å²) in [5.74, 6) is 0. The van der Waals surface area contributed by atoms with E-state index in [2.05, 4.69) is 39.5 Å². The molecule has 0 atom stereocenters. The Bertz CT molecular complexity index is 1010. The minimum Gasteiger partial charge on any atom is -0.282 e. The highest BCUT2D eigenvalue weighted by Crippen LogP contribution is 2.11. The first kappa shape index (κ1) is 35.5. The Labute approximate surface area is 205 Å². The number of hydrogen-bond donors (Lipinski definition) is 2. The number of allylic oxidation sites excluding steroid dienone is 2. The molecule has 0 unspecified atom stereocenters. The third kappa shape index (κ3) is 20.8. The van der Waals surface area contributed by atoms with Crippen LogP contribution >= 0.6 is 0 Å². The number of benzene rings is 2. The molecule has 0 heterocycles. The maximum Gasteiger partial charge on any atom is 0.294 e. The van der Waals surface area contributed by atoms with E-state index in [1.807, 2.05) is 27.7 Å². The van der Waals surface area contributed by atoms with E-state index in [4.69, 9.17) is 9.11 Å². The SMILES string of the molecule is C=C.C=C(C)C.C=C(C)C.C=Cc1ccc(S(=O)(=O)O)cc1.C=Cc1ccc(S(=O)(=O)O)cc1. The van der Waals surface area contributed by atoms with E-state index < -0.39 is 20.2 Å². The molecule has 2 rings (SSSR count). The monoisotopic (exact) mass is 508 g/mol. The van der Waals surface area contributed by atoms with Crippen LogP contribution in [0.15, 0.2) is 109 Å². The molecule has 2 aromatic carbocycles. The molecule has 8 heteroatoms. The molecule has 0 aliphatic carbocycles. The maximum absolute atomic E-state index is 10.6. The van der Waals surface area contributed by atoms with E-state index in [-0.39, 0.29) is 9.79 Å². The van der Waals surface area contributed by atoms with Gasteiger partial charge in [0.05, 0.1) is 9.79 Å². The molecule has 0 bridgehead atoms. The molecule has 0 fully saturated rings. The Balaban J connectivity index is -0.000000410. The molecule has 0 aliphatic heterocycles. The number of hydrogen-bond acceptors (Lipinski definition) is 4. The highest BCUT2D eigenvalue weighted by Gasteiger charge is 2.07. The molecule has 6 nitrogen and oxygen atoms in total. The van der Waals surface area contributed by atoms with Crippen LogP contribution in [0.2, 0.25) is 0 Å². The molecule has 34 heavy (non-hydrogen) atoms. The summed E-state index contributed by atoms with van der Waals surface area (Å²) in [6.07, 6.45) is 3.18. The topological polar surface area (TPSA) is 109 Å². The van der Waals surface area contributed by atoms with Crippen molar-refractivity contribution in [2.75, 3.05) is 0 Å². The minimum atomic E-state index is -4.06. The van der Waals surface area contributed by atoms with Gasteiger partial charge in [-0.25, -0.2) is 0 Å². The van der Waals surface area contributed by atoms with Gasteiger partial charge in [0.2, 0.25) is 0 Å². The summed E-state index contributed by atoms with van der Waals surface area (Å²) in [5.41, 5.74) is 3.95. The highest BCUT2D eigenvalue weighted by molar-refractivity contribution is 7.86. The number of rotatable bonds is 4. The normalized spacial score (nSPS) is 9.47. The zero-order chi connectivity index (χ0) is 27.5. The Morgan fingerprint density at radius 1 is 0.618 bits per heavy atom. The van der Waals surface area contributed by atoms with Crippen molar-refractivity contribution in [1.82, 2.24) is 0 Å². The molecule has 188 valence electrons. The van der Waals surface area contributed by atoms with E-state index in [1.54, 1.807) is 36.4 Å². The van der Waals surface area contributed by atoms with Crippen LogP contribution in [0.1, 0.15) is 38.8 Å². The molecule has 0 aliphatic rings. The van der Waals surface area contributed by atoms with Crippen molar-refractivity contribution < 1.29 is 25.9 Å². The van der Waals surface area contributed by atoms with E-state index in [0.29, 0.717) is 0 Å². The van der Waals surface area contributed by atoms with Gasteiger partial charge in [0.15, 0.2) is 0 Å². The molecule has 2 aromatic rings. The van der Waals surface area contributed by atoms with E-state index >= 15 is 0 Å². The van der Waals surface area contributed by atoms with Crippen molar-refractivity contribution in [1.29, 1.82) is 0 Å². The summed E-state index contributed by atoms with van der Waals surface area (Å²) in [6, 6.07) is 11.6. The first-order valence-electron chi connectivity index (χ1n) is 9.68. The van der Waals surface area contributed by atoms with Crippen LogP contribution in [0, 0.1) is 0 Å². The van der Waals surface area contributed by atoms with E-state index in [9.17, 15) is 16.8 Å². The van der Waals surface area contributed by atoms with Crippen molar-refractivity contribution in [3.8, 4) is 0 Å². The van der Waals surface area contributed by atoms with E-state index in [0.717, 1.165) is 11.1 Å². The van der Waals surface area contributed by atoms with Crippen molar-refractivity contribution in [3.05, 3.63) is 110 Å². The molecule has 0 aromatic heterocycles. The van der Waals surface area contributed by atoms with Crippen LogP contribution in [0.5, 0.6) is 0 Å². The Morgan fingerprint density at radius 3 is 0.912 bits per heavy atom. The van der Waals surface area contributed by atoms with Gasteiger partial charge < -0.3 is 0 Å². The summed E-state index contributed by atoms with van der Waals surface area (Å²) in [6.45, 7) is 28.0. The lowest BCUT2D eigenvalue weighted by Gasteiger charge is -1.96. The highest BCUT2D eigenvalue weighted by atomic mass is 32.2. The molecular weight excluding hydrogens is 472 g/mol. The fourth-order valence-corrected chi connectivity index (χ4v) is 2.51. The Hall–Kier alpha value is -3.04.